The maximum absolute atomic E-state index is 12.1. The monoisotopic (exact) mass is 267 g/mol. The van der Waals surface area contributed by atoms with Crippen LogP contribution in [0.25, 0.3) is 0 Å². The largest absolute Gasteiger partial charge is 0.480 e. The highest BCUT2D eigenvalue weighted by atomic mass is 35.5. The maximum Gasteiger partial charge on any atom is 0.325 e. The van der Waals surface area contributed by atoms with Crippen molar-refractivity contribution in [2.45, 2.75) is 31.2 Å². The zero-order chi connectivity index (χ0) is 13.3. The molecule has 0 spiro atoms. The van der Waals surface area contributed by atoms with Crippen molar-refractivity contribution in [3.05, 3.63) is 34.9 Å². The second kappa shape index (κ2) is 4.61. The summed E-state index contributed by atoms with van der Waals surface area (Å²) in [6, 6.07) is 6.28. The van der Waals surface area contributed by atoms with Gasteiger partial charge in [0.25, 0.3) is 0 Å². The van der Waals surface area contributed by atoms with Crippen molar-refractivity contribution in [3.8, 4) is 0 Å². The van der Waals surface area contributed by atoms with Gasteiger partial charge in [0, 0.05) is 5.02 Å². The van der Waals surface area contributed by atoms with Crippen LogP contribution < -0.4 is 5.32 Å². The third-order valence-corrected chi connectivity index (χ3v) is 3.51. The van der Waals surface area contributed by atoms with Crippen molar-refractivity contribution >= 4 is 23.5 Å². The van der Waals surface area contributed by atoms with Gasteiger partial charge in [0.05, 0.1) is 5.41 Å². The minimum Gasteiger partial charge on any atom is -0.480 e. The SMILES string of the molecule is C[C@H](NC(=O)C1(c2cccc(Cl)c2)CC1)C(=O)O. The molecule has 2 N–H and O–H groups in total. The smallest absolute Gasteiger partial charge is 0.325 e. The lowest BCUT2D eigenvalue weighted by Gasteiger charge is -2.18. The molecule has 1 atom stereocenters. The number of amides is 1. The standard InChI is InChI=1S/C13H14ClNO3/c1-8(11(16)17)15-12(18)13(5-6-13)9-3-2-4-10(14)7-9/h2-4,7-8H,5-6H2,1H3,(H,15,18)(H,16,17)/t8-/m0/s1. The average Bonchev–Trinajstić information content (AvgIpc) is 3.09. The Labute approximate surface area is 110 Å². The number of halogens is 1. The molecule has 0 saturated heterocycles. The third-order valence-electron chi connectivity index (χ3n) is 3.28. The summed E-state index contributed by atoms with van der Waals surface area (Å²) in [6.07, 6.45) is 1.46. The quantitative estimate of drug-likeness (QED) is 0.876. The molecule has 0 radical (unpaired) electrons. The van der Waals surface area contributed by atoms with E-state index in [0.717, 1.165) is 18.4 Å². The second-order valence-corrected chi connectivity index (χ2v) is 5.06. The van der Waals surface area contributed by atoms with Crippen molar-refractivity contribution in [1.29, 1.82) is 0 Å². The topological polar surface area (TPSA) is 66.4 Å². The molecule has 1 fully saturated rings. The Balaban J connectivity index is 2.17. The lowest BCUT2D eigenvalue weighted by atomic mass is 9.95. The fraction of sp³-hybridized carbons (Fsp3) is 0.385. The zero-order valence-corrected chi connectivity index (χ0v) is 10.7. The molecule has 4 nitrogen and oxygen atoms in total. The highest BCUT2D eigenvalue weighted by Crippen LogP contribution is 2.48. The van der Waals surface area contributed by atoms with E-state index < -0.39 is 17.4 Å². The van der Waals surface area contributed by atoms with Crippen LogP contribution in [0.1, 0.15) is 25.3 Å². The third kappa shape index (κ3) is 2.34. The molecule has 2 rings (SSSR count). The summed E-state index contributed by atoms with van der Waals surface area (Å²) in [4.78, 5) is 22.9. The molecule has 18 heavy (non-hydrogen) atoms. The Morgan fingerprint density at radius 3 is 2.61 bits per heavy atom. The van der Waals surface area contributed by atoms with Crippen molar-refractivity contribution in [2.75, 3.05) is 0 Å². The number of carbonyl (C=O) groups is 2. The molecule has 1 aromatic rings. The van der Waals surface area contributed by atoms with Gasteiger partial charge in [0.1, 0.15) is 6.04 Å². The van der Waals surface area contributed by atoms with Gasteiger partial charge in [-0.15, -0.1) is 0 Å². The first kappa shape index (κ1) is 12.9. The van der Waals surface area contributed by atoms with Crippen molar-refractivity contribution < 1.29 is 14.7 Å². The van der Waals surface area contributed by atoms with E-state index in [1.54, 1.807) is 18.2 Å². The molecule has 1 aliphatic rings. The van der Waals surface area contributed by atoms with Crippen LogP contribution in [-0.2, 0) is 15.0 Å². The van der Waals surface area contributed by atoms with Crippen molar-refractivity contribution in [1.82, 2.24) is 5.32 Å². The minimum atomic E-state index is -1.04. The lowest BCUT2D eigenvalue weighted by Crippen LogP contribution is -2.43. The van der Waals surface area contributed by atoms with E-state index >= 15 is 0 Å². The van der Waals surface area contributed by atoms with E-state index in [2.05, 4.69) is 5.32 Å². The van der Waals surface area contributed by atoms with Crippen molar-refractivity contribution in [3.63, 3.8) is 0 Å². The van der Waals surface area contributed by atoms with Gasteiger partial charge in [0.2, 0.25) is 5.91 Å². The highest BCUT2D eigenvalue weighted by Gasteiger charge is 2.51. The van der Waals surface area contributed by atoms with E-state index in [1.165, 1.54) is 6.92 Å². The van der Waals surface area contributed by atoms with Gasteiger partial charge >= 0.3 is 5.97 Å². The molecule has 0 aromatic heterocycles. The molecule has 5 heteroatoms. The number of carboxylic acid groups (broad SMARTS) is 1. The molecule has 1 aromatic carbocycles. The predicted molar refractivity (Wildman–Crippen MR) is 67.6 cm³/mol. The molecule has 0 unspecified atom stereocenters. The van der Waals surface area contributed by atoms with Gasteiger partial charge in [-0.05, 0) is 37.5 Å². The number of hydrogen-bond acceptors (Lipinski definition) is 2. The molecule has 1 saturated carbocycles. The highest BCUT2D eigenvalue weighted by molar-refractivity contribution is 6.30. The van der Waals surface area contributed by atoms with Crippen LogP contribution in [0.15, 0.2) is 24.3 Å². The number of nitrogens with one attached hydrogen (secondary N) is 1. The maximum atomic E-state index is 12.1. The van der Waals surface area contributed by atoms with Crippen LogP contribution in [0.3, 0.4) is 0 Å². The Bertz CT molecular complexity index is 497. The predicted octanol–water partition coefficient (Wildman–Crippen LogP) is 1.96. The average molecular weight is 268 g/mol. The van der Waals surface area contributed by atoms with Gasteiger partial charge < -0.3 is 10.4 Å². The number of carboxylic acids is 1. The Hall–Kier alpha value is -1.55. The van der Waals surface area contributed by atoms with Crippen LogP contribution in [0.2, 0.25) is 5.02 Å². The first-order chi connectivity index (χ1) is 8.45. The van der Waals surface area contributed by atoms with E-state index in [1.807, 2.05) is 6.07 Å². The number of benzene rings is 1. The molecule has 0 heterocycles. The number of aliphatic carboxylic acids is 1. The summed E-state index contributed by atoms with van der Waals surface area (Å²) < 4.78 is 0. The van der Waals surface area contributed by atoms with Crippen LogP contribution in [0.4, 0.5) is 0 Å². The van der Waals surface area contributed by atoms with Gasteiger partial charge in [-0.1, -0.05) is 23.7 Å². The molecule has 1 amide bonds. The zero-order valence-electron chi connectivity index (χ0n) is 9.94. The Kier molecular flexibility index (Phi) is 3.30. The van der Waals surface area contributed by atoms with E-state index in [0.29, 0.717) is 5.02 Å². The molecule has 96 valence electrons. The summed E-state index contributed by atoms with van der Waals surface area (Å²) in [5.41, 5.74) is 0.263. The first-order valence-corrected chi connectivity index (χ1v) is 6.13. The molecule has 1 aliphatic carbocycles. The Morgan fingerprint density at radius 1 is 1.44 bits per heavy atom. The summed E-state index contributed by atoms with van der Waals surface area (Å²) >= 11 is 5.91. The van der Waals surface area contributed by atoms with Gasteiger partial charge in [-0.2, -0.15) is 0 Å². The normalized spacial score (nSPS) is 17.9. The first-order valence-electron chi connectivity index (χ1n) is 5.75. The second-order valence-electron chi connectivity index (χ2n) is 4.63. The molecule has 0 bridgehead atoms. The van der Waals surface area contributed by atoms with Gasteiger partial charge in [0.15, 0.2) is 0 Å². The molecular formula is C13H14ClNO3. The van der Waals surface area contributed by atoms with Gasteiger partial charge in [-0.25, -0.2) is 0 Å². The fourth-order valence-corrected chi connectivity index (χ4v) is 2.14. The molecular weight excluding hydrogens is 254 g/mol. The number of hydrogen-bond donors (Lipinski definition) is 2. The summed E-state index contributed by atoms with van der Waals surface area (Å²) in [6.45, 7) is 1.45. The summed E-state index contributed by atoms with van der Waals surface area (Å²) in [7, 11) is 0. The fourth-order valence-electron chi connectivity index (χ4n) is 1.95. The van der Waals surface area contributed by atoms with Crippen molar-refractivity contribution in [2.24, 2.45) is 0 Å². The number of rotatable bonds is 4. The van der Waals surface area contributed by atoms with Crippen LogP contribution >= 0.6 is 11.6 Å². The summed E-state index contributed by atoms with van der Waals surface area (Å²) in [5.74, 6) is -1.27. The minimum absolute atomic E-state index is 0.236. The van der Waals surface area contributed by atoms with E-state index in [-0.39, 0.29) is 5.91 Å². The number of carbonyl (C=O) groups excluding carboxylic acids is 1. The van der Waals surface area contributed by atoms with E-state index in [4.69, 9.17) is 16.7 Å². The Morgan fingerprint density at radius 2 is 2.11 bits per heavy atom. The lowest BCUT2D eigenvalue weighted by molar-refractivity contribution is -0.141. The van der Waals surface area contributed by atoms with Crippen LogP contribution in [0.5, 0.6) is 0 Å². The summed E-state index contributed by atoms with van der Waals surface area (Å²) in [5, 5.41) is 11.9. The van der Waals surface area contributed by atoms with Crippen LogP contribution in [0, 0.1) is 0 Å². The van der Waals surface area contributed by atoms with Crippen LogP contribution in [-0.4, -0.2) is 23.0 Å². The van der Waals surface area contributed by atoms with Gasteiger partial charge in [-0.3, -0.25) is 9.59 Å². The van der Waals surface area contributed by atoms with E-state index in [9.17, 15) is 9.59 Å². The molecule has 0 aliphatic heterocycles.